The van der Waals surface area contributed by atoms with Crippen LogP contribution in [0.1, 0.15) is 44.6 Å². The van der Waals surface area contributed by atoms with Gasteiger partial charge in [0.1, 0.15) is 5.82 Å². The van der Waals surface area contributed by atoms with E-state index in [0.717, 1.165) is 6.42 Å². The second-order valence-corrected chi connectivity index (χ2v) is 3.75. The first-order valence-electron chi connectivity index (χ1n) is 5.53. The number of hydrogen-bond acceptors (Lipinski definition) is 2. The van der Waals surface area contributed by atoms with E-state index in [4.69, 9.17) is 5.73 Å². The van der Waals surface area contributed by atoms with Crippen molar-refractivity contribution in [1.29, 1.82) is 0 Å². The van der Waals surface area contributed by atoms with Gasteiger partial charge in [0.05, 0.1) is 0 Å². The molecule has 0 fully saturated rings. The molecule has 0 aromatic carbocycles. The molecular weight excluding hydrogens is 172 g/mol. The van der Waals surface area contributed by atoms with Gasteiger partial charge in [-0.15, -0.1) is 0 Å². The van der Waals surface area contributed by atoms with Gasteiger partial charge in [-0.2, -0.15) is 0 Å². The molecule has 0 aliphatic heterocycles. The maximum absolute atomic E-state index is 5.60. The van der Waals surface area contributed by atoms with Gasteiger partial charge in [0.15, 0.2) is 0 Å². The molecule has 0 atom stereocenters. The van der Waals surface area contributed by atoms with Crippen molar-refractivity contribution in [2.45, 2.75) is 45.4 Å². The first-order chi connectivity index (χ1) is 6.83. The van der Waals surface area contributed by atoms with Crippen LogP contribution in [0, 0.1) is 0 Å². The summed E-state index contributed by atoms with van der Waals surface area (Å²) in [6, 6.07) is 4.02. The summed E-state index contributed by atoms with van der Waals surface area (Å²) < 4.78 is 0. The Kier molecular flexibility index (Phi) is 5.05. The van der Waals surface area contributed by atoms with E-state index in [9.17, 15) is 0 Å². The second-order valence-electron chi connectivity index (χ2n) is 3.75. The molecule has 0 aliphatic carbocycles. The van der Waals surface area contributed by atoms with Gasteiger partial charge < -0.3 is 5.73 Å². The standard InChI is InChI=1S/C12H20N2/c1-2-3-4-5-6-7-11-8-9-14-12(13)10-11/h8-10H,2-7H2,1H3,(H2,13,14). The third kappa shape index (κ3) is 4.26. The Labute approximate surface area is 86.5 Å². The van der Waals surface area contributed by atoms with Crippen LogP contribution in [-0.4, -0.2) is 4.98 Å². The Bertz CT molecular complexity index is 258. The Hall–Kier alpha value is -1.05. The first-order valence-corrected chi connectivity index (χ1v) is 5.53. The zero-order valence-corrected chi connectivity index (χ0v) is 9.00. The number of nitrogens with zero attached hydrogens (tertiary/aromatic N) is 1. The van der Waals surface area contributed by atoms with Crippen molar-refractivity contribution in [3.63, 3.8) is 0 Å². The van der Waals surface area contributed by atoms with Crippen molar-refractivity contribution in [2.24, 2.45) is 0 Å². The average Bonchev–Trinajstić information content (AvgIpc) is 2.18. The Morgan fingerprint density at radius 1 is 1.21 bits per heavy atom. The maximum atomic E-state index is 5.60. The van der Waals surface area contributed by atoms with Crippen LogP contribution in [-0.2, 0) is 6.42 Å². The average molecular weight is 192 g/mol. The van der Waals surface area contributed by atoms with E-state index in [1.807, 2.05) is 6.07 Å². The number of hydrogen-bond donors (Lipinski definition) is 1. The molecule has 0 spiro atoms. The van der Waals surface area contributed by atoms with Crippen LogP contribution in [0.5, 0.6) is 0 Å². The Morgan fingerprint density at radius 3 is 2.71 bits per heavy atom. The van der Waals surface area contributed by atoms with E-state index in [0.29, 0.717) is 5.82 Å². The molecule has 2 N–H and O–H groups in total. The summed E-state index contributed by atoms with van der Waals surface area (Å²) in [5, 5.41) is 0. The van der Waals surface area contributed by atoms with Crippen molar-refractivity contribution in [3.05, 3.63) is 23.9 Å². The third-order valence-corrected chi connectivity index (χ3v) is 2.41. The number of nitrogens with two attached hydrogens (primary N) is 1. The number of unbranched alkanes of at least 4 members (excludes halogenated alkanes) is 4. The fourth-order valence-corrected chi connectivity index (χ4v) is 1.58. The van der Waals surface area contributed by atoms with Crippen LogP contribution in [0.15, 0.2) is 18.3 Å². The van der Waals surface area contributed by atoms with Gasteiger partial charge in [0.2, 0.25) is 0 Å². The predicted octanol–water partition coefficient (Wildman–Crippen LogP) is 3.18. The molecule has 2 nitrogen and oxygen atoms in total. The minimum absolute atomic E-state index is 0.635. The molecule has 0 saturated heterocycles. The summed E-state index contributed by atoms with van der Waals surface area (Å²) in [5.74, 6) is 0.635. The van der Waals surface area contributed by atoms with E-state index in [1.165, 1.54) is 37.7 Å². The summed E-state index contributed by atoms with van der Waals surface area (Å²) >= 11 is 0. The van der Waals surface area contributed by atoms with Crippen LogP contribution in [0.4, 0.5) is 5.82 Å². The number of aryl methyl sites for hydroxylation is 1. The maximum Gasteiger partial charge on any atom is 0.123 e. The monoisotopic (exact) mass is 192 g/mol. The summed E-state index contributed by atoms with van der Waals surface area (Å²) in [6.45, 7) is 2.24. The highest BCUT2D eigenvalue weighted by Crippen LogP contribution is 2.09. The molecule has 1 aromatic rings. The molecule has 78 valence electrons. The van der Waals surface area contributed by atoms with Crippen molar-refractivity contribution in [1.82, 2.24) is 4.98 Å². The number of aromatic nitrogens is 1. The molecule has 1 aromatic heterocycles. The van der Waals surface area contributed by atoms with Crippen LogP contribution in [0.3, 0.4) is 0 Å². The molecule has 0 saturated carbocycles. The molecular formula is C12H20N2. The van der Waals surface area contributed by atoms with Crippen molar-refractivity contribution in [3.8, 4) is 0 Å². The molecule has 14 heavy (non-hydrogen) atoms. The molecule has 0 unspecified atom stereocenters. The SMILES string of the molecule is CCCCCCCc1ccnc(N)c1. The molecule has 0 aliphatic rings. The number of pyridine rings is 1. The fraction of sp³-hybridized carbons (Fsp3) is 0.583. The zero-order valence-electron chi connectivity index (χ0n) is 9.00. The van der Waals surface area contributed by atoms with Crippen LogP contribution >= 0.6 is 0 Å². The van der Waals surface area contributed by atoms with Gasteiger partial charge in [0.25, 0.3) is 0 Å². The van der Waals surface area contributed by atoms with E-state index in [1.54, 1.807) is 6.20 Å². The van der Waals surface area contributed by atoms with Crippen LogP contribution in [0.2, 0.25) is 0 Å². The third-order valence-electron chi connectivity index (χ3n) is 2.41. The van der Waals surface area contributed by atoms with Gasteiger partial charge in [-0.25, -0.2) is 4.98 Å². The van der Waals surface area contributed by atoms with E-state index < -0.39 is 0 Å². The lowest BCUT2D eigenvalue weighted by molar-refractivity contribution is 0.632. The predicted molar refractivity (Wildman–Crippen MR) is 61.1 cm³/mol. The normalized spacial score (nSPS) is 10.4. The number of nitrogen functional groups attached to an aromatic ring is 1. The smallest absolute Gasteiger partial charge is 0.123 e. The fourth-order valence-electron chi connectivity index (χ4n) is 1.58. The van der Waals surface area contributed by atoms with E-state index in [-0.39, 0.29) is 0 Å². The highest BCUT2D eigenvalue weighted by atomic mass is 14.8. The minimum atomic E-state index is 0.635. The number of rotatable bonds is 6. The molecule has 1 rings (SSSR count). The van der Waals surface area contributed by atoms with Gasteiger partial charge in [0, 0.05) is 6.20 Å². The second kappa shape index (κ2) is 6.41. The quantitative estimate of drug-likeness (QED) is 0.703. The van der Waals surface area contributed by atoms with Gasteiger partial charge in [-0.3, -0.25) is 0 Å². The lowest BCUT2D eigenvalue weighted by atomic mass is 10.1. The molecule has 2 heteroatoms. The lowest BCUT2D eigenvalue weighted by Crippen LogP contribution is -1.92. The van der Waals surface area contributed by atoms with E-state index in [2.05, 4.69) is 18.0 Å². The molecule has 0 bridgehead atoms. The highest BCUT2D eigenvalue weighted by Gasteiger charge is 1.94. The Balaban J connectivity index is 2.18. The Morgan fingerprint density at radius 2 is 2.00 bits per heavy atom. The van der Waals surface area contributed by atoms with Crippen LogP contribution in [0.25, 0.3) is 0 Å². The zero-order chi connectivity index (χ0) is 10.2. The lowest BCUT2D eigenvalue weighted by Gasteiger charge is -2.01. The van der Waals surface area contributed by atoms with Gasteiger partial charge >= 0.3 is 0 Å². The largest absolute Gasteiger partial charge is 0.384 e. The molecule has 1 heterocycles. The minimum Gasteiger partial charge on any atom is -0.384 e. The van der Waals surface area contributed by atoms with E-state index >= 15 is 0 Å². The number of anilines is 1. The topological polar surface area (TPSA) is 38.9 Å². The van der Waals surface area contributed by atoms with Gasteiger partial charge in [-0.1, -0.05) is 32.6 Å². The van der Waals surface area contributed by atoms with Crippen LogP contribution < -0.4 is 5.73 Å². The highest BCUT2D eigenvalue weighted by molar-refractivity contribution is 5.31. The van der Waals surface area contributed by atoms with Crippen molar-refractivity contribution < 1.29 is 0 Å². The summed E-state index contributed by atoms with van der Waals surface area (Å²) in [4.78, 5) is 3.98. The first kappa shape index (κ1) is 11.0. The summed E-state index contributed by atoms with van der Waals surface area (Å²) in [5.41, 5.74) is 6.91. The van der Waals surface area contributed by atoms with Crippen molar-refractivity contribution >= 4 is 5.82 Å². The summed E-state index contributed by atoms with van der Waals surface area (Å²) in [7, 11) is 0. The molecule has 0 radical (unpaired) electrons. The summed E-state index contributed by atoms with van der Waals surface area (Å²) in [6.07, 6.45) is 9.55. The van der Waals surface area contributed by atoms with Gasteiger partial charge in [-0.05, 0) is 30.5 Å². The van der Waals surface area contributed by atoms with Crippen molar-refractivity contribution in [2.75, 3.05) is 5.73 Å². The molecule has 0 amide bonds.